The maximum Gasteiger partial charge on any atom is 0.263 e. The van der Waals surface area contributed by atoms with Gasteiger partial charge in [0, 0.05) is 5.56 Å². The van der Waals surface area contributed by atoms with E-state index in [0.29, 0.717) is 11.7 Å². The van der Waals surface area contributed by atoms with E-state index >= 15 is 0 Å². The molecule has 0 radical (unpaired) electrons. The molecule has 1 unspecified atom stereocenters. The van der Waals surface area contributed by atoms with E-state index in [2.05, 4.69) is 5.32 Å². The molecule has 1 atom stereocenters. The third kappa shape index (κ3) is 2.94. The van der Waals surface area contributed by atoms with Gasteiger partial charge in [-0.2, -0.15) is 0 Å². The zero-order chi connectivity index (χ0) is 12.3. The van der Waals surface area contributed by atoms with E-state index in [1.165, 1.54) is 6.07 Å². The molecule has 1 heterocycles. The van der Waals surface area contributed by atoms with Crippen molar-refractivity contribution in [2.24, 2.45) is 5.92 Å². The van der Waals surface area contributed by atoms with Crippen molar-refractivity contribution in [3.8, 4) is 5.75 Å². The molecule has 2 rings (SSSR count). The van der Waals surface area contributed by atoms with E-state index in [4.69, 9.17) is 4.74 Å². The highest BCUT2D eigenvalue weighted by Gasteiger charge is 2.18. The van der Waals surface area contributed by atoms with Gasteiger partial charge in [0.2, 0.25) is 0 Å². The van der Waals surface area contributed by atoms with Crippen molar-refractivity contribution in [2.45, 2.75) is 19.3 Å². The van der Waals surface area contributed by atoms with Crippen molar-refractivity contribution in [3.63, 3.8) is 0 Å². The Morgan fingerprint density at radius 2 is 2.29 bits per heavy atom. The van der Waals surface area contributed by atoms with Gasteiger partial charge in [0.05, 0.1) is 7.11 Å². The van der Waals surface area contributed by atoms with Crippen LogP contribution in [0.3, 0.4) is 0 Å². The second kappa shape index (κ2) is 5.45. The highest BCUT2D eigenvalue weighted by Crippen LogP contribution is 2.28. The van der Waals surface area contributed by atoms with Crippen LogP contribution in [0.2, 0.25) is 0 Å². The van der Waals surface area contributed by atoms with Crippen molar-refractivity contribution in [3.05, 3.63) is 29.3 Å². The third-order valence-corrected chi connectivity index (χ3v) is 3.23. The summed E-state index contributed by atoms with van der Waals surface area (Å²) < 4.78 is 30.5. The molecule has 1 aromatic rings. The lowest BCUT2D eigenvalue weighted by Crippen LogP contribution is -2.11. The summed E-state index contributed by atoms with van der Waals surface area (Å²) in [5.74, 6) is 1.23. The van der Waals surface area contributed by atoms with Gasteiger partial charge in [-0.3, -0.25) is 0 Å². The molecule has 0 amide bonds. The number of rotatable bonds is 4. The van der Waals surface area contributed by atoms with E-state index in [9.17, 15) is 8.78 Å². The first-order valence-corrected chi connectivity index (χ1v) is 5.86. The summed E-state index contributed by atoms with van der Waals surface area (Å²) in [5.41, 5.74) is 0.964. The van der Waals surface area contributed by atoms with Crippen molar-refractivity contribution in [2.75, 3.05) is 20.2 Å². The highest BCUT2D eigenvalue weighted by atomic mass is 19.3. The minimum absolute atomic E-state index is 0.0757. The quantitative estimate of drug-likeness (QED) is 0.875. The normalized spacial score (nSPS) is 19.9. The van der Waals surface area contributed by atoms with E-state index in [-0.39, 0.29) is 5.56 Å². The molecule has 1 N–H and O–H groups in total. The smallest absolute Gasteiger partial charge is 0.263 e. The van der Waals surface area contributed by atoms with Crippen LogP contribution in [0.15, 0.2) is 18.2 Å². The van der Waals surface area contributed by atoms with Crippen LogP contribution in [0.1, 0.15) is 24.0 Å². The number of hydrogen-bond acceptors (Lipinski definition) is 2. The van der Waals surface area contributed by atoms with Gasteiger partial charge in [0.15, 0.2) is 0 Å². The Bertz CT molecular complexity index is 376. The Hall–Kier alpha value is -1.16. The van der Waals surface area contributed by atoms with Crippen LogP contribution >= 0.6 is 0 Å². The molecule has 2 nitrogen and oxygen atoms in total. The Morgan fingerprint density at radius 3 is 2.88 bits per heavy atom. The predicted octanol–water partition coefficient (Wildman–Crippen LogP) is 2.78. The number of halogens is 2. The minimum Gasteiger partial charge on any atom is -0.496 e. The number of ether oxygens (including phenoxy) is 1. The fourth-order valence-electron chi connectivity index (χ4n) is 2.29. The predicted molar refractivity (Wildman–Crippen MR) is 62.6 cm³/mol. The van der Waals surface area contributed by atoms with Crippen LogP contribution in [0, 0.1) is 5.92 Å². The molecule has 1 aliphatic heterocycles. The summed E-state index contributed by atoms with van der Waals surface area (Å²) in [6.07, 6.45) is -0.514. The highest BCUT2D eigenvalue weighted by molar-refractivity contribution is 5.38. The topological polar surface area (TPSA) is 21.3 Å². The zero-order valence-electron chi connectivity index (χ0n) is 9.88. The van der Waals surface area contributed by atoms with Crippen LogP contribution in [0.5, 0.6) is 5.75 Å². The van der Waals surface area contributed by atoms with Gasteiger partial charge in [-0.1, -0.05) is 0 Å². The molecule has 4 heteroatoms. The van der Waals surface area contributed by atoms with E-state index in [1.54, 1.807) is 19.2 Å². The van der Waals surface area contributed by atoms with Gasteiger partial charge in [0.1, 0.15) is 5.75 Å². The fourth-order valence-corrected chi connectivity index (χ4v) is 2.29. The first-order valence-electron chi connectivity index (χ1n) is 5.86. The SMILES string of the molecule is COc1ccc(C(F)F)cc1CC1CCNC1. The van der Waals surface area contributed by atoms with Gasteiger partial charge in [-0.25, -0.2) is 8.78 Å². The van der Waals surface area contributed by atoms with Crippen LogP contribution in [-0.4, -0.2) is 20.2 Å². The molecule has 0 aliphatic carbocycles. The zero-order valence-corrected chi connectivity index (χ0v) is 9.88. The number of methoxy groups -OCH3 is 1. The average molecular weight is 241 g/mol. The second-order valence-corrected chi connectivity index (χ2v) is 4.43. The number of nitrogens with one attached hydrogen (secondary N) is 1. The number of hydrogen-bond donors (Lipinski definition) is 1. The first-order chi connectivity index (χ1) is 8.20. The molecule has 1 fully saturated rings. The maximum absolute atomic E-state index is 12.6. The van der Waals surface area contributed by atoms with Gasteiger partial charge >= 0.3 is 0 Å². The van der Waals surface area contributed by atoms with Crippen molar-refractivity contribution in [1.82, 2.24) is 5.32 Å². The molecule has 0 bridgehead atoms. The molecule has 0 spiro atoms. The standard InChI is InChI=1S/C13H17F2NO/c1-17-12-3-2-10(13(14)15)7-11(12)6-9-4-5-16-8-9/h2-3,7,9,13,16H,4-6,8H2,1H3. The van der Waals surface area contributed by atoms with Crippen LogP contribution in [0.4, 0.5) is 8.78 Å². The summed E-state index contributed by atoms with van der Waals surface area (Å²) >= 11 is 0. The summed E-state index contributed by atoms with van der Waals surface area (Å²) in [5, 5.41) is 3.28. The molecule has 1 aliphatic rings. The number of benzene rings is 1. The molecular weight excluding hydrogens is 224 g/mol. The van der Waals surface area contributed by atoms with Gasteiger partial charge in [0.25, 0.3) is 6.43 Å². The largest absolute Gasteiger partial charge is 0.496 e. The number of alkyl halides is 2. The lowest BCUT2D eigenvalue weighted by molar-refractivity contribution is 0.151. The summed E-state index contributed by atoms with van der Waals surface area (Å²) in [6.45, 7) is 1.98. The Kier molecular flexibility index (Phi) is 3.94. The molecule has 17 heavy (non-hydrogen) atoms. The van der Waals surface area contributed by atoms with E-state index in [1.807, 2.05) is 0 Å². The van der Waals surface area contributed by atoms with Crippen LogP contribution in [-0.2, 0) is 6.42 Å². The summed E-state index contributed by atoms with van der Waals surface area (Å²) in [7, 11) is 1.58. The molecule has 1 saturated heterocycles. The molecule has 94 valence electrons. The Balaban J connectivity index is 2.19. The summed E-state index contributed by atoms with van der Waals surface area (Å²) in [6, 6.07) is 4.64. The Labute approximate surface area is 100.0 Å². The van der Waals surface area contributed by atoms with Crippen molar-refractivity contribution >= 4 is 0 Å². The Morgan fingerprint density at radius 1 is 1.47 bits per heavy atom. The molecule has 0 saturated carbocycles. The van der Waals surface area contributed by atoms with Gasteiger partial charge < -0.3 is 10.1 Å². The monoisotopic (exact) mass is 241 g/mol. The van der Waals surface area contributed by atoms with E-state index < -0.39 is 6.43 Å². The van der Waals surface area contributed by atoms with Gasteiger partial charge in [-0.05, 0) is 55.6 Å². The van der Waals surface area contributed by atoms with E-state index in [0.717, 1.165) is 31.5 Å². The first kappa shape index (κ1) is 12.3. The fraction of sp³-hybridized carbons (Fsp3) is 0.538. The second-order valence-electron chi connectivity index (χ2n) is 4.43. The molecular formula is C13H17F2NO. The average Bonchev–Trinajstić information content (AvgIpc) is 2.81. The third-order valence-electron chi connectivity index (χ3n) is 3.23. The lowest BCUT2D eigenvalue weighted by Gasteiger charge is -2.13. The maximum atomic E-state index is 12.6. The molecule has 1 aromatic carbocycles. The van der Waals surface area contributed by atoms with Crippen molar-refractivity contribution < 1.29 is 13.5 Å². The van der Waals surface area contributed by atoms with Gasteiger partial charge in [-0.15, -0.1) is 0 Å². The summed E-state index contributed by atoms with van der Waals surface area (Å²) in [4.78, 5) is 0. The molecule has 0 aromatic heterocycles. The van der Waals surface area contributed by atoms with Crippen LogP contribution in [0.25, 0.3) is 0 Å². The lowest BCUT2D eigenvalue weighted by atomic mass is 9.96. The van der Waals surface area contributed by atoms with Crippen molar-refractivity contribution in [1.29, 1.82) is 0 Å². The van der Waals surface area contributed by atoms with Crippen LogP contribution < -0.4 is 10.1 Å². The minimum atomic E-state index is -2.42.